The van der Waals surface area contributed by atoms with Crippen molar-refractivity contribution in [2.45, 2.75) is 180 Å². The summed E-state index contributed by atoms with van der Waals surface area (Å²) in [5.74, 6) is -2.42. The Hall–Kier alpha value is -3.60. The number of carboxylic acid groups (broad SMARTS) is 1. The highest BCUT2D eigenvalue weighted by atomic mass is 31.2. The Kier molecular flexibility index (Phi) is 41.5. The van der Waals surface area contributed by atoms with Crippen LogP contribution in [0, 0.1) is 0 Å². The van der Waals surface area contributed by atoms with Gasteiger partial charge in [-0.3, -0.25) is 18.6 Å². The first-order valence-corrected chi connectivity index (χ1v) is 24.8. The molecule has 0 aromatic heterocycles. The van der Waals surface area contributed by atoms with Crippen LogP contribution >= 0.6 is 7.82 Å². The number of carboxylic acids is 1. The third-order valence-corrected chi connectivity index (χ3v) is 10.3. The van der Waals surface area contributed by atoms with Gasteiger partial charge in [0.15, 0.2) is 6.04 Å². The van der Waals surface area contributed by atoms with E-state index in [-0.39, 0.29) is 12.8 Å². The van der Waals surface area contributed by atoms with E-state index in [1.165, 1.54) is 12.8 Å². The minimum Gasteiger partial charge on any atom is -0.480 e. The first-order chi connectivity index (χ1) is 30.1. The molecule has 0 aliphatic rings. The van der Waals surface area contributed by atoms with Crippen molar-refractivity contribution in [3.05, 3.63) is 97.2 Å². The molecule has 0 heterocycles. The Balaban J connectivity index is 3.91. The van der Waals surface area contributed by atoms with Gasteiger partial charge >= 0.3 is 19.8 Å². The van der Waals surface area contributed by atoms with Crippen molar-refractivity contribution >= 4 is 25.7 Å². The number of aliphatic hydroxyl groups is 1. The Labute approximate surface area is 374 Å². The number of phosphoric acid groups is 1. The molecule has 12 heteroatoms. The van der Waals surface area contributed by atoms with Crippen molar-refractivity contribution < 1.29 is 47.8 Å². The van der Waals surface area contributed by atoms with Gasteiger partial charge in [-0.2, -0.15) is 0 Å². The van der Waals surface area contributed by atoms with Gasteiger partial charge in [-0.05, 0) is 89.9 Å². The Morgan fingerprint density at radius 3 is 1.32 bits per heavy atom. The fourth-order valence-corrected chi connectivity index (χ4v) is 6.60. The summed E-state index contributed by atoms with van der Waals surface area (Å²) < 4.78 is 26.9. The number of esters is 1. The summed E-state index contributed by atoms with van der Waals surface area (Å²) in [6, 6.07) is -1.56. The van der Waals surface area contributed by atoms with Gasteiger partial charge in [0.05, 0.1) is 13.2 Å². The summed E-state index contributed by atoms with van der Waals surface area (Å²) in [6.07, 6.45) is 55.7. The lowest BCUT2D eigenvalue weighted by molar-refractivity contribution is -0.147. The molecule has 0 aliphatic carbocycles. The molecular formula is C50H82NO10P. The molecule has 4 N–H and O–H groups in total. The van der Waals surface area contributed by atoms with E-state index < -0.39 is 57.6 Å². The normalized spacial score (nSPS) is 14.5. The van der Waals surface area contributed by atoms with Crippen molar-refractivity contribution in [2.24, 2.45) is 0 Å². The van der Waals surface area contributed by atoms with E-state index >= 15 is 0 Å². The molecule has 0 fully saturated rings. The van der Waals surface area contributed by atoms with Crippen LogP contribution in [0.4, 0.5) is 0 Å². The van der Waals surface area contributed by atoms with Gasteiger partial charge in [0.2, 0.25) is 5.91 Å². The average molecular weight is 888 g/mol. The van der Waals surface area contributed by atoms with E-state index in [9.17, 15) is 34.1 Å². The number of carbonyl (C=O) groups excluding carboxylic acids is 2. The maximum atomic E-state index is 12.3. The van der Waals surface area contributed by atoms with Gasteiger partial charge in [0, 0.05) is 12.8 Å². The van der Waals surface area contributed by atoms with E-state index in [2.05, 4.69) is 116 Å². The molecule has 3 unspecified atom stereocenters. The van der Waals surface area contributed by atoms with E-state index in [0.717, 1.165) is 116 Å². The number of hydrogen-bond donors (Lipinski definition) is 4. The standard InChI is InChI=1S/C50H82NO10P/c1-3-5-7-9-11-13-15-17-19-20-21-22-23-24-25-26-28-30-32-34-36-38-40-42-49(54)59-43-46(52)44-60-62(57,58)61-45-47(50(55)56)51-48(53)41-39-37-35-33-31-29-27-18-16-14-12-10-8-6-4-2/h5-8,11-14,17-19,21-22,24-25,27,46-47,52H,3-4,9-10,15-16,20,23,26,28-45H2,1-2H3,(H,51,53)(H,55,56)(H,57,58)/b7-5-,8-6-,13-11-,14-12-,19-17-,22-21-,25-24-,27-18-. The van der Waals surface area contributed by atoms with Gasteiger partial charge in [-0.1, -0.05) is 162 Å². The van der Waals surface area contributed by atoms with Gasteiger partial charge in [-0.15, -0.1) is 0 Å². The number of carbonyl (C=O) groups is 3. The van der Waals surface area contributed by atoms with Crippen molar-refractivity contribution in [3.63, 3.8) is 0 Å². The summed E-state index contributed by atoms with van der Waals surface area (Å²) in [7, 11) is -4.77. The average Bonchev–Trinajstić information content (AvgIpc) is 3.25. The molecule has 0 spiro atoms. The summed E-state index contributed by atoms with van der Waals surface area (Å²) in [4.78, 5) is 46.0. The number of amides is 1. The Bertz CT molecular complexity index is 1410. The molecule has 352 valence electrons. The summed E-state index contributed by atoms with van der Waals surface area (Å²) >= 11 is 0. The van der Waals surface area contributed by atoms with E-state index in [1.54, 1.807) is 0 Å². The highest BCUT2D eigenvalue weighted by molar-refractivity contribution is 7.47. The largest absolute Gasteiger partial charge is 0.480 e. The summed E-state index contributed by atoms with van der Waals surface area (Å²) in [6.45, 7) is 2.33. The first kappa shape index (κ1) is 58.4. The van der Waals surface area contributed by atoms with Gasteiger partial charge in [0.1, 0.15) is 12.7 Å². The summed E-state index contributed by atoms with van der Waals surface area (Å²) in [5, 5.41) is 21.8. The topological polar surface area (TPSA) is 169 Å². The molecule has 0 aromatic carbocycles. The maximum absolute atomic E-state index is 12.3. The van der Waals surface area contributed by atoms with Crippen LogP contribution in [-0.4, -0.2) is 64.9 Å². The van der Waals surface area contributed by atoms with E-state index in [0.29, 0.717) is 12.8 Å². The molecule has 0 aromatic rings. The van der Waals surface area contributed by atoms with E-state index in [4.69, 9.17) is 13.8 Å². The fourth-order valence-electron chi connectivity index (χ4n) is 5.83. The lowest BCUT2D eigenvalue weighted by Gasteiger charge is -2.18. The molecule has 0 saturated heterocycles. The fraction of sp³-hybridized carbons (Fsp3) is 0.620. The van der Waals surface area contributed by atoms with Crippen LogP contribution in [0.2, 0.25) is 0 Å². The highest BCUT2D eigenvalue weighted by Gasteiger charge is 2.28. The zero-order valence-corrected chi connectivity index (χ0v) is 39.0. The quantitative estimate of drug-likeness (QED) is 0.0200. The first-order valence-electron chi connectivity index (χ1n) is 23.3. The molecular weight excluding hydrogens is 806 g/mol. The second-order valence-electron chi connectivity index (χ2n) is 15.2. The van der Waals surface area contributed by atoms with Crippen LogP contribution in [0.3, 0.4) is 0 Å². The SMILES string of the molecule is CC/C=C\C/C=C\C/C=C\C/C=C\C/C=C\CCCCCCCCCC(=O)OCC(O)COP(=O)(O)OCC(NC(=O)CCCCCCC/C=C\C/C=C\C/C=C\CC)C(=O)O. The molecule has 62 heavy (non-hydrogen) atoms. The molecule has 0 rings (SSSR count). The van der Waals surface area contributed by atoms with Crippen molar-refractivity contribution in [2.75, 3.05) is 19.8 Å². The number of aliphatic hydroxyl groups excluding tert-OH is 1. The van der Waals surface area contributed by atoms with Crippen molar-refractivity contribution in [1.82, 2.24) is 5.32 Å². The van der Waals surface area contributed by atoms with Crippen LogP contribution in [-0.2, 0) is 32.7 Å². The van der Waals surface area contributed by atoms with Crippen molar-refractivity contribution in [1.29, 1.82) is 0 Å². The Morgan fingerprint density at radius 1 is 0.516 bits per heavy atom. The number of hydrogen-bond acceptors (Lipinski definition) is 8. The number of unbranched alkanes of at least 4 members (excludes halogenated alkanes) is 12. The number of rotatable bonds is 42. The molecule has 11 nitrogen and oxygen atoms in total. The van der Waals surface area contributed by atoms with Gasteiger partial charge in [-0.25, -0.2) is 9.36 Å². The lowest BCUT2D eigenvalue weighted by atomic mass is 10.1. The molecule has 1 amide bonds. The number of allylic oxidation sites excluding steroid dienone is 16. The smallest absolute Gasteiger partial charge is 0.472 e. The molecule has 0 radical (unpaired) electrons. The van der Waals surface area contributed by atoms with Crippen LogP contribution in [0.5, 0.6) is 0 Å². The number of nitrogens with one attached hydrogen (secondary N) is 1. The number of aliphatic carboxylic acids is 1. The monoisotopic (exact) mass is 888 g/mol. The lowest BCUT2D eigenvalue weighted by Crippen LogP contribution is -2.43. The minimum atomic E-state index is -4.77. The molecule has 0 aliphatic heterocycles. The van der Waals surface area contributed by atoms with Crippen LogP contribution in [0.25, 0.3) is 0 Å². The number of phosphoric ester groups is 1. The highest BCUT2D eigenvalue weighted by Crippen LogP contribution is 2.43. The second kappa shape index (κ2) is 44.0. The summed E-state index contributed by atoms with van der Waals surface area (Å²) in [5.41, 5.74) is 0. The molecule has 3 atom stereocenters. The van der Waals surface area contributed by atoms with Gasteiger partial charge < -0.3 is 25.2 Å². The third-order valence-electron chi connectivity index (χ3n) is 9.37. The minimum absolute atomic E-state index is 0.120. The van der Waals surface area contributed by atoms with Crippen molar-refractivity contribution in [3.8, 4) is 0 Å². The zero-order chi connectivity index (χ0) is 45.6. The van der Waals surface area contributed by atoms with Crippen LogP contribution in [0.15, 0.2) is 97.2 Å². The zero-order valence-electron chi connectivity index (χ0n) is 38.1. The van der Waals surface area contributed by atoms with Crippen LogP contribution in [0.1, 0.15) is 168 Å². The predicted molar refractivity (Wildman–Crippen MR) is 254 cm³/mol. The number of ether oxygens (including phenoxy) is 1. The van der Waals surface area contributed by atoms with E-state index in [1.807, 2.05) is 0 Å². The predicted octanol–water partition coefficient (Wildman–Crippen LogP) is 12.4. The molecule has 0 bridgehead atoms. The molecule has 0 saturated carbocycles. The maximum Gasteiger partial charge on any atom is 0.472 e. The van der Waals surface area contributed by atoms with Gasteiger partial charge in [0.25, 0.3) is 0 Å². The van der Waals surface area contributed by atoms with Crippen LogP contribution < -0.4 is 5.32 Å². The Morgan fingerprint density at radius 2 is 0.887 bits per heavy atom. The second-order valence-corrected chi connectivity index (χ2v) is 16.6. The third kappa shape index (κ3) is 43.1.